The van der Waals surface area contributed by atoms with Gasteiger partial charge in [-0.2, -0.15) is 0 Å². The third kappa shape index (κ3) is 4.14. The molecule has 9 heavy (non-hydrogen) atoms. The lowest BCUT2D eigenvalue weighted by atomic mass is 10.2. The summed E-state index contributed by atoms with van der Waals surface area (Å²) in [5, 5.41) is 16.8. The zero-order valence-electron chi connectivity index (χ0n) is 5.45. The van der Waals surface area contributed by atoms with Crippen molar-refractivity contribution < 1.29 is 15.3 Å². The average molecular weight is 132 g/mol. The summed E-state index contributed by atoms with van der Waals surface area (Å²) in [6, 6.07) is 0. The summed E-state index contributed by atoms with van der Waals surface area (Å²) in [4.78, 5) is 3.93. The average Bonchev–Trinajstić information content (AvgIpc) is 1.82. The Balaban J connectivity index is 3.42. The molecule has 2 atom stereocenters. The third-order valence-electron chi connectivity index (χ3n) is 0.972. The highest BCUT2D eigenvalue weighted by Crippen LogP contribution is 2.00. The van der Waals surface area contributed by atoms with Crippen molar-refractivity contribution in [2.24, 2.45) is 0 Å². The summed E-state index contributed by atoms with van der Waals surface area (Å²) in [5.74, 6) is 0. The zero-order chi connectivity index (χ0) is 7.28. The minimum Gasteiger partial charge on any atom is -0.393 e. The highest BCUT2D eigenvalue weighted by Gasteiger charge is 2.06. The molecule has 3 nitrogen and oxygen atoms in total. The summed E-state index contributed by atoms with van der Waals surface area (Å²) >= 11 is 0. The smallest absolute Gasteiger partial charge is 0.113 e. The normalized spacial score (nSPS) is 16.8. The highest BCUT2D eigenvalue weighted by molar-refractivity contribution is 4.79. The molecule has 0 aromatic heterocycles. The number of rotatable bonds is 4. The minimum absolute atomic E-state index is 0.375. The Morgan fingerprint density at radius 1 is 1.78 bits per heavy atom. The summed E-state index contributed by atoms with van der Waals surface area (Å²) in [7, 11) is 0. The van der Waals surface area contributed by atoms with Gasteiger partial charge in [-0.05, 0) is 6.92 Å². The van der Waals surface area contributed by atoms with E-state index in [1.54, 1.807) is 6.92 Å². The molecule has 54 valence electrons. The van der Waals surface area contributed by atoms with Gasteiger partial charge >= 0.3 is 0 Å². The highest BCUT2D eigenvalue weighted by atomic mass is 17.1. The summed E-state index contributed by atoms with van der Waals surface area (Å²) < 4.78 is 0. The first-order chi connectivity index (χ1) is 4.20. The van der Waals surface area contributed by atoms with Crippen molar-refractivity contribution in [1.82, 2.24) is 0 Å². The van der Waals surface area contributed by atoms with Crippen LogP contribution in [-0.2, 0) is 4.89 Å². The Hall–Kier alpha value is -0.380. The monoisotopic (exact) mass is 132 g/mol. The molecule has 0 saturated heterocycles. The Labute approximate surface area is 54.5 Å². The summed E-state index contributed by atoms with van der Waals surface area (Å²) in [6.45, 7) is 5.01. The van der Waals surface area contributed by atoms with E-state index < -0.39 is 12.2 Å². The maximum absolute atomic E-state index is 8.75. The maximum Gasteiger partial charge on any atom is 0.113 e. The largest absolute Gasteiger partial charge is 0.393 e. The fourth-order valence-corrected chi connectivity index (χ4v) is 0.518. The fraction of sp³-hybridized carbons (Fsp3) is 0.667. The summed E-state index contributed by atoms with van der Waals surface area (Å²) in [5.41, 5.74) is 0. The first-order valence-electron chi connectivity index (χ1n) is 2.81. The van der Waals surface area contributed by atoms with Gasteiger partial charge in [0, 0.05) is 6.42 Å². The molecule has 0 aromatic rings. The van der Waals surface area contributed by atoms with Crippen molar-refractivity contribution in [3.8, 4) is 0 Å². The molecule has 0 rings (SSSR count). The van der Waals surface area contributed by atoms with Crippen LogP contribution in [0.4, 0.5) is 0 Å². The van der Waals surface area contributed by atoms with E-state index in [1.165, 1.54) is 6.08 Å². The molecule has 0 amide bonds. The van der Waals surface area contributed by atoms with E-state index >= 15 is 0 Å². The van der Waals surface area contributed by atoms with Crippen molar-refractivity contribution in [1.29, 1.82) is 0 Å². The predicted octanol–water partition coefficient (Wildman–Crippen LogP) is 0.801. The van der Waals surface area contributed by atoms with Crippen LogP contribution in [0.3, 0.4) is 0 Å². The van der Waals surface area contributed by atoms with E-state index in [0.717, 1.165) is 0 Å². The molecule has 0 fully saturated rings. The molecular formula is C6H12O3. The van der Waals surface area contributed by atoms with Crippen LogP contribution in [0.5, 0.6) is 0 Å². The lowest BCUT2D eigenvalue weighted by Gasteiger charge is -2.08. The van der Waals surface area contributed by atoms with Gasteiger partial charge in [0.15, 0.2) is 0 Å². The quantitative estimate of drug-likeness (QED) is 0.338. The topological polar surface area (TPSA) is 49.7 Å². The lowest BCUT2D eigenvalue weighted by molar-refractivity contribution is -0.269. The number of hydrogen-bond donors (Lipinski definition) is 2. The molecule has 0 spiro atoms. The van der Waals surface area contributed by atoms with Crippen molar-refractivity contribution in [2.45, 2.75) is 25.6 Å². The minimum atomic E-state index is -0.472. The van der Waals surface area contributed by atoms with Crippen molar-refractivity contribution in [3.05, 3.63) is 12.7 Å². The van der Waals surface area contributed by atoms with Gasteiger partial charge in [0.1, 0.15) is 6.10 Å². The molecule has 0 saturated carbocycles. The number of aliphatic hydroxyl groups is 1. The van der Waals surface area contributed by atoms with Crippen molar-refractivity contribution in [2.75, 3.05) is 0 Å². The first kappa shape index (κ1) is 8.62. The Bertz CT molecular complexity index is 80.4. The van der Waals surface area contributed by atoms with E-state index in [1.807, 2.05) is 0 Å². The molecular weight excluding hydrogens is 120 g/mol. The van der Waals surface area contributed by atoms with Gasteiger partial charge < -0.3 is 5.11 Å². The van der Waals surface area contributed by atoms with Gasteiger partial charge in [-0.25, -0.2) is 4.89 Å². The molecule has 0 aliphatic carbocycles. The SMILES string of the molecule is C=CC(CC(C)O)OO. The number of hydrogen-bond acceptors (Lipinski definition) is 3. The van der Waals surface area contributed by atoms with Gasteiger partial charge in [-0.1, -0.05) is 6.08 Å². The lowest BCUT2D eigenvalue weighted by Crippen LogP contribution is -2.14. The van der Waals surface area contributed by atoms with Crippen LogP contribution in [0.15, 0.2) is 12.7 Å². The van der Waals surface area contributed by atoms with Crippen LogP contribution in [0, 0.1) is 0 Å². The summed E-state index contributed by atoms with van der Waals surface area (Å²) in [6.07, 6.45) is 0.886. The van der Waals surface area contributed by atoms with Crippen LogP contribution in [0.1, 0.15) is 13.3 Å². The molecule has 0 aliphatic heterocycles. The predicted molar refractivity (Wildman–Crippen MR) is 34.0 cm³/mol. The first-order valence-corrected chi connectivity index (χ1v) is 2.81. The van der Waals surface area contributed by atoms with Crippen molar-refractivity contribution >= 4 is 0 Å². The van der Waals surface area contributed by atoms with Crippen molar-refractivity contribution in [3.63, 3.8) is 0 Å². The fourth-order valence-electron chi connectivity index (χ4n) is 0.518. The van der Waals surface area contributed by atoms with Crippen LogP contribution >= 0.6 is 0 Å². The van der Waals surface area contributed by atoms with Crippen LogP contribution in [0.25, 0.3) is 0 Å². The number of aliphatic hydroxyl groups excluding tert-OH is 1. The van der Waals surface area contributed by atoms with Crippen LogP contribution in [-0.4, -0.2) is 22.6 Å². The van der Waals surface area contributed by atoms with E-state index in [0.29, 0.717) is 6.42 Å². The third-order valence-corrected chi connectivity index (χ3v) is 0.972. The Morgan fingerprint density at radius 2 is 2.33 bits per heavy atom. The Kier molecular flexibility index (Phi) is 4.30. The standard InChI is InChI=1S/C6H12O3/c1-3-6(9-8)4-5(2)7/h3,5-8H,1,4H2,2H3. The van der Waals surface area contributed by atoms with Gasteiger partial charge in [0.2, 0.25) is 0 Å². The Morgan fingerprint density at radius 3 is 2.44 bits per heavy atom. The van der Waals surface area contributed by atoms with Gasteiger partial charge in [0.05, 0.1) is 6.10 Å². The molecule has 0 heterocycles. The van der Waals surface area contributed by atoms with Gasteiger partial charge in [0.25, 0.3) is 0 Å². The van der Waals surface area contributed by atoms with Crippen LogP contribution < -0.4 is 0 Å². The second kappa shape index (κ2) is 4.49. The van der Waals surface area contributed by atoms with Gasteiger partial charge in [-0.3, -0.25) is 5.26 Å². The van der Waals surface area contributed by atoms with Crippen LogP contribution in [0.2, 0.25) is 0 Å². The molecule has 0 radical (unpaired) electrons. The molecule has 2 unspecified atom stereocenters. The molecule has 3 heteroatoms. The van der Waals surface area contributed by atoms with E-state index in [2.05, 4.69) is 11.5 Å². The van der Waals surface area contributed by atoms with E-state index in [-0.39, 0.29) is 0 Å². The van der Waals surface area contributed by atoms with E-state index in [4.69, 9.17) is 10.4 Å². The van der Waals surface area contributed by atoms with Gasteiger partial charge in [-0.15, -0.1) is 6.58 Å². The maximum atomic E-state index is 8.75. The second-order valence-electron chi connectivity index (χ2n) is 1.96. The molecule has 0 aliphatic rings. The molecule has 2 N–H and O–H groups in total. The second-order valence-corrected chi connectivity index (χ2v) is 1.96. The van der Waals surface area contributed by atoms with E-state index in [9.17, 15) is 0 Å². The zero-order valence-corrected chi connectivity index (χ0v) is 5.45. The molecule has 0 bridgehead atoms. The molecule has 0 aromatic carbocycles.